The Morgan fingerprint density at radius 3 is 2.90 bits per heavy atom. The van der Waals surface area contributed by atoms with E-state index >= 15 is 0 Å². The van der Waals surface area contributed by atoms with Crippen LogP contribution in [0.2, 0.25) is 0 Å². The van der Waals surface area contributed by atoms with Crippen LogP contribution in [0.25, 0.3) is 27.0 Å². The number of rotatable bonds is 1. The summed E-state index contributed by atoms with van der Waals surface area (Å²) in [5, 5.41) is 3.21. The number of pyridine rings is 1. The average molecular weight is 292 g/mol. The zero-order valence-electron chi connectivity index (χ0n) is 11.4. The van der Waals surface area contributed by atoms with Crippen LogP contribution in [-0.2, 0) is 0 Å². The maximum absolute atomic E-state index is 12.3. The molecule has 0 aliphatic carbocycles. The quantitative estimate of drug-likeness (QED) is 0.533. The Balaban J connectivity index is 2.04. The van der Waals surface area contributed by atoms with Crippen LogP contribution in [0.3, 0.4) is 0 Å². The Bertz CT molecular complexity index is 1030. The van der Waals surface area contributed by atoms with Gasteiger partial charge in [0.1, 0.15) is 5.65 Å². The smallest absolute Gasteiger partial charge is 0.258 e. The maximum Gasteiger partial charge on any atom is 0.258 e. The molecule has 0 spiro atoms. The molecule has 4 heteroatoms. The Kier molecular flexibility index (Phi) is 2.65. The van der Waals surface area contributed by atoms with E-state index in [4.69, 9.17) is 0 Å². The summed E-state index contributed by atoms with van der Waals surface area (Å²) in [4.78, 5) is 16.9. The summed E-state index contributed by atoms with van der Waals surface area (Å²) < 4.78 is 2.78. The normalized spacial score (nSPS) is 11.3. The van der Waals surface area contributed by atoms with E-state index in [2.05, 4.69) is 22.5 Å². The number of aryl methyl sites for hydroxylation is 1. The molecule has 0 saturated heterocycles. The maximum atomic E-state index is 12.3. The van der Waals surface area contributed by atoms with Gasteiger partial charge in [-0.15, -0.1) is 11.3 Å². The molecule has 3 nitrogen and oxygen atoms in total. The van der Waals surface area contributed by atoms with Gasteiger partial charge in [-0.3, -0.25) is 9.20 Å². The highest BCUT2D eigenvalue weighted by molar-refractivity contribution is 7.17. The van der Waals surface area contributed by atoms with E-state index in [1.165, 1.54) is 4.70 Å². The third kappa shape index (κ3) is 1.96. The summed E-state index contributed by atoms with van der Waals surface area (Å²) in [7, 11) is 0. The Labute approximate surface area is 125 Å². The van der Waals surface area contributed by atoms with E-state index in [1.807, 2.05) is 31.2 Å². The van der Waals surface area contributed by atoms with Crippen LogP contribution in [-0.4, -0.2) is 9.38 Å². The monoisotopic (exact) mass is 292 g/mol. The summed E-state index contributed by atoms with van der Waals surface area (Å²) in [6.45, 7) is 2.00. The zero-order chi connectivity index (χ0) is 14.4. The Morgan fingerprint density at radius 1 is 1.14 bits per heavy atom. The second-order valence-corrected chi connectivity index (χ2v) is 5.97. The minimum Gasteiger partial charge on any atom is -0.269 e. The number of hydrogen-bond donors (Lipinski definition) is 0. The topological polar surface area (TPSA) is 34.4 Å². The van der Waals surface area contributed by atoms with Crippen LogP contribution in [0.5, 0.6) is 0 Å². The number of aromatic nitrogens is 2. The molecule has 0 saturated carbocycles. The largest absolute Gasteiger partial charge is 0.269 e. The average Bonchev–Trinajstić information content (AvgIpc) is 2.90. The second-order valence-electron chi connectivity index (χ2n) is 5.06. The summed E-state index contributed by atoms with van der Waals surface area (Å²) in [5.41, 5.74) is 3.49. The van der Waals surface area contributed by atoms with Crippen molar-refractivity contribution in [2.24, 2.45) is 0 Å². The number of hydrogen-bond acceptors (Lipinski definition) is 3. The first kappa shape index (κ1) is 12.3. The van der Waals surface area contributed by atoms with Gasteiger partial charge in [0.2, 0.25) is 0 Å². The molecule has 3 aromatic heterocycles. The van der Waals surface area contributed by atoms with Gasteiger partial charge in [0, 0.05) is 33.3 Å². The third-order valence-electron chi connectivity index (χ3n) is 3.58. The minimum absolute atomic E-state index is 0.0507. The lowest BCUT2D eigenvalue weighted by Gasteiger charge is -2.04. The van der Waals surface area contributed by atoms with Gasteiger partial charge in [-0.2, -0.15) is 0 Å². The van der Waals surface area contributed by atoms with Crippen molar-refractivity contribution in [2.45, 2.75) is 6.92 Å². The van der Waals surface area contributed by atoms with Crippen LogP contribution < -0.4 is 5.56 Å². The van der Waals surface area contributed by atoms with E-state index in [9.17, 15) is 4.79 Å². The first-order valence-corrected chi connectivity index (χ1v) is 7.57. The molecule has 1 aromatic carbocycles. The molecular weight excluding hydrogens is 280 g/mol. The fourth-order valence-corrected chi connectivity index (χ4v) is 3.47. The molecule has 21 heavy (non-hydrogen) atoms. The second kappa shape index (κ2) is 4.53. The number of benzene rings is 1. The SMILES string of the molecule is Cc1ccn2c(=O)cc(-c3csc4ccccc34)nc2c1. The molecule has 3 heterocycles. The van der Waals surface area contributed by atoms with Gasteiger partial charge < -0.3 is 0 Å². The lowest BCUT2D eigenvalue weighted by Crippen LogP contribution is -2.14. The van der Waals surface area contributed by atoms with Gasteiger partial charge in [0.15, 0.2) is 0 Å². The molecule has 0 unspecified atom stereocenters. The molecule has 4 aromatic rings. The van der Waals surface area contributed by atoms with Gasteiger partial charge in [0.05, 0.1) is 5.69 Å². The fraction of sp³-hybridized carbons (Fsp3) is 0.0588. The van der Waals surface area contributed by atoms with Crippen molar-refractivity contribution in [3.05, 3.63) is 70.0 Å². The van der Waals surface area contributed by atoms with Crippen LogP contribution in [0.4, 0.5) is 0 Å². The van der Waals surface area contributed by atoms with Crippen molar-refractivity contribution in [1.82, 2.24) is 9.38 Å². The minimum atomic E-state index is -0.0507. The predicted molar refractivity (Wildman–Crippen MR) is 87.0 cm³/mol. The third-order valence-corrected chi connectivity index (χ3v) is 4.54. The van der Waals surface area contributed by atoms with Crippen molar-refractivity contribution in [2.75, 3.05) is 0 Å². The van der Waals surface area contributed by atoms with E-state index in [-0.39, 0.29) is 5.56 Å². The van der Waals surface area contributed by atoms with Gasteiger partial charge in [-0.1, -0.05) is 18.2 Å². The number of nitrogens with zero attached hydrogens (tertiary/aromatic N) is 2. The van der Waals surface area contributed by atoms with Crippen LogP contribution in [0.1, 0.15) is 5.56 Å². The highest BCUT2D eigenvalue weighted by atomic mass is 32.1. The highest BCUT2D eigenvalue weighted by Gasteiger charge is 2.09. The molecule has 0 N–H and O–H groups in total. The summed E-state index contributed by atoms with van der Waals surface area (Å²) >= 11 is 1.67. The molecule has 0 bridgehead atoms. The molecule has 4 rings (SSSR count). The molecule has 0 fully saturated rings. The standard InChI is InChI=1S/C17H12N2OS/c1-11-6-7-19-16(8-11)18-14(9-17(19)20)13-10-21-15-5-3-2-4-12(13)15/h2-10H,1H3. The van der Waals surface area contributed by atoms with Crippen molar-refractivity contribution in [3.63, 3.8) is 0 Å². The molecule has 102 valence electrons. The molecule has 0 radical (unpaired) electrons. The highest BCUT2D eigenvalue weighted by Crippen LogP contribution is 2.32. The molecular formula is C17H12N2OS. The molecule has 0 atom stereocenters. The van der Waals surface area contributed by atoms with E-state index < -0.39 is 0 Å². The summed E-state index contributed by atoms with van der Waals surface area (Å²) in [6.07, 6.45) is 1.77. The van der Waals surface area contributed by atoms with E-state index in [0.29, 0.717) is 5.65 Å². The Morgan fingerprint density at radius 2 is 2.00 bits per heavy atom. The van der Waals surface area contributed by atoms with Crippen molar-refractivity contribution in [3.8, 4) is 11.3 Å². The summed E-state index contributed by atoms with van der Waals surface area (Å²) in [5.74, 6) is 0. The Hall–Kier alpha value is -2.46. The van der Waals surface area contributed by atoms with Crippen molar-refractivity contribution in [1.29, 1.82) is 0 Å². The number of fused-ring (bicyclic) bond motifs is 2. The van der Waals surface area contributed by atoms with E-state index in [0.717, 1.165) is 22.2 Å². The van der Waals surface area contributed by atoms with Gasteiger partial charge in [-0.05, 0) is 30.7 Å². The first-order chi connectivity index (χ1) is 10.2. The summed E-state index contributed by atoms with van der Waals surface area (Å²) in [6, 6.07) is 13.6. The van der Waals surface area contributed by atoms with Crippen molar-refractivity contribution >= 4 is 27.1 Å². The molecule has 0 aliphatic heterocycles. The molecule has 0 aliphatic rings. The number of thiophene rings is 1. The van der Waals surface area contributed by atoms with E-state index in [1.54, 1.807) is 28.0 Å². The van der Waals surface area contributed by atoms with Gasteiger partial charge in [-0.25, -0.2) is 4.98 Å². The van der Waals surface area contributed by atoms with Crippen LogP contribution in [0, 0.1) is 6.92 Å². The predicted octanol–water partition coefficient (Wildman–Crippen LogP) is 3.88. The lowest BCUT2D eigenvalue weighted by molar-refractivity contribution is 1.04. The van der Waals surface area contributed by atoms with Gasteiger partial charge >= 0.3 is 0 Å². The molecule has 0 amide bonds. The van der Waals surface area contributed by atoms with Crippen molar-refractivity contribution < 1.29 is 0 Å². The first-order valence-electron chi connectivity index (χ1n) is 6.69. The van der Waals surface area contributed by atoms with Gasteiger partial charge in [0.25, 0.3) is 5.56 Å². The lowest BCUT2D eigenvalue weighted by atomic mass is 10.1. The van der Waals surface area contributed by atoms with Crippen LogP contribution >= 0.6 is 11.3 Å². The zero-order valence-corrected chi connectivity index (χ0v) is 12.2. The fourth-order valence-electron chi connectivity index (χ4n) is 2.52. The van der Waals surface area contributed by atoms with Crippen LogP contribution in [0.15, 0.2) is 58.8 Å².